The Morgan fingerprint density at radius 2 is 2.07 bits per heavy atom. The second-order valence-electron chi connectivity index (χ2n) is 7.71. The van der Waals surface area contributed by atoms with E-state index in [-0.39, 0.29) is 11.6 Å². The van der Waals surface area contributed by atoms with Gasteiger partial charge >= 0.3 is 0 Å². The third-order valence-electron chi connectivity index (χ3n) is 5.36. The Morgan fingerprint density at radius 1 is 1.30 bits per heavy atom. The van der Waals surface area contributed by atoms with E-state index in [1.54, 1.807) is 6.20 Å². The molecule has 1 aliphatic heterocycles. The van der Waals surface area contributed by atoms with Gasteiger partial charge in [0.15, 0.2) is 5.65 Å². The van der Waals surface area contributed by atoms with Crippen LogP contribution in [0.15, 0.2) is 21.5 Å². The van der Waals surface area contributed by atoms with Crippen LogP contribution in [-0.2, 0) is 6.54 Å². The summed E-state index contributed by atoms with van der Waals surface area (Å²) in [6.45, 7) is 11.3. The maximum absolute atomic E-state index is 13.1. The zero-order valence-corrected chi connectivity index (χ0v) is 18.4. The number of likely N-dealkylation sites (N-methyl/N-ethyl adjacent to an activating group) is 1. The van der Waals surface area contributed by atoms with Crippen molar-refractivity contribution < 1.29 is 0 Å². The van der Waals surface area contributed by atoms with Crippen LogP contribution in [0, 0.1) is 5.92 Å². The first-order chi connectivity index (χ1) is 12.9. The minimum Gasteiger partial charge on any atom is -0.305 e. The van der Waals surface area contributed by atoms with Crippen LogP contribution in [0.1, 0.15) is 45.5 Å². The fourth-order valence-electron chi connectivity index (χ4n) is 4.16. The van der Waals surface area contributed by atoms with E-state index in [2.05, 4.69) is 51.6 Å². The Labute approximate surface area is 169 Å². The second kappa shape index (κ2) is 8.80. The van der Waals surface area contributed by atoms with Gasteiger partial charge in [0.25, 0.3) is 5.56 Å². The van der Waals surface area contributed by atoms with Crippen molar-refractivity contribution in [3.8, 4) is 0 Å². The van der Waals surface area contributed by atoms with E-state index in [0.29, 0.717) is 23.5 Å². The molecular formula is C20H30BrN5O. The molecule has 2 atom stereocenters. The largest absolute Gasteiger partial charge is 0.305 e. The highest BCUT2D eigenvalue weighted by atomic mass is 79.9. The number of nitrogens with zero attached hydrogens (tertiary/aromatic N) is 5. The van der Waals surface area contributed by atoms with Gasteiger partial charge < -0.3 is 4.90 Å². The summed E-state index contributed by atoms with van der Waals surface area (Å²) >= 11 is 3.42. The first kappa shape index (κ1) is 20.4. The monoisotopic (exact) mass is 435 g/mol. The van der Waals surface area contributed by atoms with Gasteiger partial charge in [-0.25, -0.2) is 9.97 Å². The molecule has 0 aliphatic carbocycles. The lowest BCUT2D eigenvalue weighted by Crippen LogP contribution is -2.38. The predicted molar refractivity (Wildman–Crippen MR) is 113 cm³/mol. The molecule has 0 aromatic carbocycles. The first-order valence-corrected chi connectivity index (χ1v) is 10.7. The molecule has 7 heteroatoms. The van der Waals surface area contributed by atoms with Crippen molar-refractivity contribution in [3.63, 3.8) is 0 Å². The Kier molecular flexibility index (Phi) is 6.65. The number of hydrogen-bond donors (Lipinski definition) is 0. The molecule has 3 heterocycles. The highest BCUT2D eigenvalue weighted by Gasteiger charge is 2.28. The lowest BCUT2D eigenvalue weighted by atomic mass is 10.1. The van der Waals surface area contributed by atoms with Gasteiger partial charge in [0.2, 0.25) is 0 Å². The third kappa shape index (κ3) is 4.41. The standard InChI is InChI=1S/C20H30BrN5O/c1-5-7-17(25-9-8-24(4)12-14(3)13-25)19-23-18-16(10-15(21)11-22-18)20(27)26(19)6-2/h10-11,14,17H,5-9,12-13H2,1-4H3/t14-,17?/m1/s1. The molecule has 0 N–H and O–H groups in total. The average molecular weight is 436 g/mol. The summed E-state index contributed by atoms with van der Waals surface area (Å²) in [5.41, 5.74) is 0.552. The molecule has 0 spiro atoms. The van der Waals surface area contributed by atoms with Crippen molar-refractivity contribution in [2.75, 3.05) is 33.2 Å². The maximum atomic E-state index is 13.1. The summed E-state index contributed by atoms with van der Waals surface area (Å²) in [5.74, 6) is 1.46. The fraction of sp³-hybridized carbons (Fsp3) is 0.650. The van der Waals surface area contributed by atoms with Gasteiger partial charge in [0.1, 0.15) is 5.82 Å². The van der Waals surface area contributed by atoms with E-state index in [9.17, 15) is 4.79 Å². The zero-order valence-electron chi connectivity index (χ0n) is 16.8. The van der Waals surface area contributed by atoms with Crippen molar-refractivity contribution >= 4 is 27.0 Å². The Bertz CT molecular complexity index is 852. The summed E-state index contributed by atoms with van der Waals surface area (Å²) in [6, 6.07) is 1.97. The van der Waals surface area contributed by atoms with E-state index in [1.807, 2.05) is 17.6 Å². The SMILES string of the molecule is CCCC(c1nc2ncc(Br)cc2c(=O)n1CC)N1CCN(C)C[C@@H](C)C1. The van der Waals surface area contributed by atoms with E-state index in [1.165, 1.54) is 0 Å². The van der Waals surface area contributed by atoms with E-state index in [4.69, 9.17) is 4.98 Å². The van der Waals surface area contributed by atoms with Crippen LogP contribution in [0.2, 0.25) is 0 Å². The number of halogens is 1. The number of aromatic nitrogens is 3. The number of rotatable bonds is 5. The minimum absolute atomic E-state index is 0.00684. The van der Waals surface area contributed by atoms with Gasteiger partial charge in [0, 0.05) is 43.4 Å². The molecule has 1 aliphatic rings. The second-order valence-corrected chi connectivity index (χ2v) is 8.63. The summed E-state index contributed by atoms with van der Waals surface area (Å²) < 4.78 is 2.65. The molecule has 1 unspecified atom stereocenters. The smallest absolute Gasteiger partial charge is 0.263 e. The van der Waals surface area contributed by atoms with Crippen molar-refractivity contribution in [1.82, 2.24) is 24.3 Å². The predicted octanol–water partition coefficient (Wildman–Crippen LogP) is 3.30. The quantitative estimate of drug-likeness (QED) is 0.720. The van der Waals surface area contributed by atoms with Crippen molar-refractivity contribution in [3.05, 3.63) is 32.9 Å². The molecule has 0 radical (unpaired) electrons. The third-order valence-corrected chi connectivity index (χ3v) is 5.80. The zero-order chi connectivity index (χ0) is 19.6. The molecule has 148 valence electrons. The molecule has 0 bridgehead atoms. The first-order valence-electron chi connectivity index (χ1n) is 9.93. The summed E-state index contributed by atoms with van der Waals surface area (Å²) in [5, 5.41) is 0.578. The normalized spacial score (nSPS) is 20.7. The molecule has 27 heavy (non-hydrogen) atoms. The Morgan fingerprint density at radius 3 is 2.78 bits per heavy atom. The molecule has 0 amide bonds. The lowest BCUT2D eigenvalue weighted by Gasteiger charge is -2.32. The van der Waals surface area contributed by atoms with Crippen LogP contribution < -0.4 is 5.56 Å². The van der Waals surface area contributed by atoms with Gasteiger partial charge in [-0.15, -0.1) is 0 Å². The minimum atomic E-state index is 0.00684. The molecule has 1 fully saturated rings. The van der Waals surface area contributed by atoms with Gasteiger partial charge in [0.05, 0.1) is 11.4 Å². The summed E-state index contributed by atoms with van der Waals surface area (Å²) in [4.78, 5) is 27.4. The molecule has 1 saturated heterocycles. The van der Waals surface area contributed by atoms with Crippen LogP contribution in [-0.4, -0.2) is 57.6 Å². The molecule has 2 aromatic rings. The molecule has 6 nitrogen and oxygen atoms in total. The van der Waals surface area contributed by atoms with Crippen molar-refractivity contribution in [1.29, 1.82) is 0 Å². The molecule has 3 rings (SSSR count). The molecule has 0 saturated carbocycles. The lowest BCUT2D eigenvalue weighted by molar-refractivity contribution is 0.167. The summed E-state index contributed by atoms with van der Waals surface area (Å²) in [7, 11) is 2.19. The fourth-order valence-corrected chi connectivity index (χ4v) is 4.49. The topological polar surface area (TPSA) is 54.3 Å². The molecule has 2 aromatic heterocycles. The van der Waals surface area contributed by atoms with Gasteiger partial charge in [-0.3, -0.25) is 14.3 Å². The highest BCUT2D eigenvalue weighted by Crippen LogP contribution is 2.27. The number of fused-ring (bicyclic) bond motifs is 1. The van der Waals surface area contributed by atoms with E-state index < -0.39 is 0 Å². The van der Waals surface area contributed by atoms with Crippen LogP contribution >= 0.6 is 15.9 Å². The highest BCUT2D eigenvalue weighted by molar-refractivity contribution is 9.10. The average Bonchev–Trinajstić information content (AvgIpc) is 2.80. The van der Waals surface area contributed by atoms with Gasteiger partial charge in [-0.05, 0) is 48.3 Å². The van der Waals surface area contributed by atoms with Crippen LogP contribution in [0.5, 0.6) is 0 Å². The summed E-state index contributed by atoms with van der Waals surface area (Å²) in [6.07, 6.45) is 3.76. The Balaban J connectivity index is 2.10. The van der Waals surface area contributed by atoms with E-state index in [0.717, 1.165) is 49.3 Å². The van der Waals surface area contributed by atoms with Crippen LogP contribution in [0.25, 0.3) is 11.0 Å². The van der Waals surface area contributed by atoms with Crippen molar-refractivity contribution in [2.45, 2.75) is 46.2 Å². The molecular weight excluding hydrogens is 406 g/mol. The van der Waals surface area contributed by atoms with Crippen LogP contribution in [0.4, 0.5) is 0 Å². The number of hydrogen-bond acceptors (Lipinski definition) is 5. The van der Waals surface area contributed by atoms with Crippen LogP contribution in [0.3, 0.4) is 0 Å². The van der Waals surface area contributed by atoms with E-state index >= 15 is 0 Å². The maximum Gasteiger partial charge on any atom is 0.263 e. The van der Waals surface area contributed by atoms with Gasteiger partial charge in [-0.1, -0.05) is 20.3 Å². The van der Waals surface area contributed by atoms with Crippen molar-refractivity contribution in [2.24, 2.45) is 5.92 Å². The number of pyridine rings is 1. The van der Waals surface area contributed by atoms with Gasteiger partial charge in [-0.2, -0.15) is 0 Å². The Hall–Kier alpha value is -1.31.